The van der Waals surface area contributed by atoms with E-state index in [0.717, 1.165) is 66.4 Å². The number of nitrogens with zero attached hydrogens (tertiary/aromatic N) is 3. The molecular formula is C32H35N7O. The second-order valence-corrected chi connectivity index (χ2v) is 10.6. The summed E-state index contributed by atoms with van der Waals surface area (Å²) in [7, 11) is 0. The van der Waals surface area contributed by atoms with Crippen molar-refractivity contribution in [3.63, 3.8) is 0 Å². The van der Waals surface area contributed by atoms with Gasteiger partial charge in [-0.1, -0.05) is 62.6 Å². The molecule has 1 aliphatic carbocycles. The molecule has 0 aliphatic heterocycles. The molecule has 3 aromatic heterocycles. The number of hydrogen-bond acceptors (Lipinski definition) is 5. The molecule has 0 spiro atoms. The highest BCUT2D eigenvalue weighted by atomic mass is 16.2. The van der Waals surface area contributed by atoms with Crippen molar-refractivity contribution in [2.24, 2.45) is 0 Å². The van der Waals surface area contributed by atoms with E-state index in [1.807, 2.05) is 48.8 Å². The van der Waals surface area contributed by atoms with Crippen LogP contribution in [-0.2, 0) is 6.54 Å². The number of aromatic amines is 2. The number of carbonyl (C=O) groups excluding carboxylic acids is 1. The van der Waals surface area contributed by atoms with Crippen LogP contribution in [0.5, 0.6) is 0 Å². The van der Waals surface area contributed by atoms with Crippen molar-refractivity contribution in [3.8, 4) is 33.9 Å². The molecule has 5 aromatic rings. The summed E-state index contributed by atoms with van der Waals surface area (Å²) in [5.74, 6) is 0.441. The average Bonchev–Trinajstić information content (AvgIpc) is 3.62. The molecule has 2 aromatic carbocycles. The van der Waals surface area contributed by atoms with Gasteiger partial charge in [-0.2, -0.15) is 5.10 Å². The van der Waals surface area contributed by atoms with Crippen LogP contribution in [0.3, 0.4) is 0 Å². The molecule has 0 bridgehead atoms. The molecule has 3 heterocycles. The zero-order valence-electron chi connectivity index (χ0n) is 23.1. The van der Waals surface area contributed by atoms with Gasteiger partial charge in [0.1, 0.15) is 17.1 Å². The maximum atomic E-state index is 13.5. The predicted molar refractivity (Wildman–Crippen MR) is 159 cm³/mol. The number of rotatable bonds is 8. The SMILES string of the molecule is CCNCc1cncc(-c2ccc3[nH]nc(-c4nc(-c5ccccc5)c(C(=O)NC5CCCCC5)[nH]4)c3c2)c1C. The molecule has 0 radical (unpaired) electrons. The molecule has 1 fully saturated rings. The molecular weight excluding hydrogens is 498 g/mol. The molecule has 1 aliphatic rings. The number of imidazole rings is 1. The number of pyridine rings is 1. The van der Waals surface area contributed by atoms with Gasteiger partial charge in [-0.15, -0.1) is 0 Å². The number of nitrogens with one attached hydrogen (secondary N) is 4. The Balaban J connectivity index is 1.40. The zero-order chi connectivity index (χ0) is 27.5. The van der Waals surface area contributed by atoms with Crippen molar-refractivity contribution < 1.29 is 4.79 Å². The summed E-state index contributed by atoms with van der Waals surface area (Å²) in [6.45, 7) is 5.93. The van der Waals surface area contributed by atoms with Crippen LogP contribution in [0.4, 0.5) is 0 Å². The van der Waals surface area contributed by atoms with Gasteiger partial charge in [0, 0.05) is 41.5 Å². The Bertz CT molecular complexity index is 1630. The van der Waals surface area contributed by atoms with Crippen LogP contribution in [0.2, 0.25) is 0 Å². The first kappa shape index (κ1) is 26.0. The van der Waals surface area contributed by atoms with Gasteiger partial charge in [0.2, 0.25) is 0 Å². The highest BCUT2D eigenvalue weighted by molar-refractivity contribution is 6.01. The Morgan fingerprint density at radius 3 is 2.62 bits per heavy atom. The molecule has 6 rings (SSSR count). The van der Waals surface area contributed by atoms with Gasteiger partial charge in [-0.3, -0.25) is 14.9 Å². The van der Waals surface area contributed by atoms with Crippen LogP contribution in [0.1, 0.15) is 60.6 Å². The largest absolute Gasteiger partial charge is 0.348 e. The first-order valence-electron chi connectivity index (χ1n) is 14.2. The van der Waals surface area contributed by atoms with Gasteiger partial charge in [0.25, 0.3) is 5.91 Å². The van der Waals surface area contributed by atoms with E-state index in [4.69, 9.17) is 4.98 Å². The van der Waals surface area contributed by atoms with E-state index in [1.54, 1.807) is 0 Å². The summed E-state index contributed by atoms with van der Waals surface area (Å²) in [5.41, 5.74) is 8.09. The summed E-state index contributed by atoms with van der Waals surface area (Å²) in [5, 5.41) is 15.3. The monoisotopic (exact) mass is 533 g/mol. The lowest BCUT2D eigenvalue weighted by Gasteiger charge is -2.22. The van der Waals surface area contributed by atoms with Gasteiger partial charge in [0.15, 0.2) is 5.82 Å². The molecule has 8 nitrogen and oxygen atoms in total. The van der Waals surface area contributed by atoms with Gasteiger partial charge in [0.05, 0.1) is 5.52 Å². The van der Waals surface area contributed by atoms with Crippen molar-refractivity contribution in [2.45, 2.75) is 58.5 Å². The Morgan fingerprint density at radius 2 is 1.82 bits per heavy atom. The average molecular weight is 534 g/mol. The van der Waals surface area contributed by atoms with Crippen LogP contribution >= 0.6 is 0 Å². The summed E-state index contributed by atoms with van der Waals surface area (Å²) < 4.78 is 0. The Morgan fingerprint density at radius 1 is 1.00 bits per heavy atom. The molecule has 204 valence electrons. The standard InChI is InChI=1S/C32H35N7O/c1-3-33-17-23-18-34-19-26(20(23)2)22-14-15-27-25(16-22)29(39-38-27)31-36-28(21-10-6-4-7-11-21)30(37-31)32(40)35-24-12-8-5-9-13-24/h4,6-7,10-11,14-16,18-19,24,33H,3,5,8-9,12-13,17H2,1-2H3,(H,35,40)(H,36,37)(H,38,39). The van der Waals surface area contributed by atoms with Crippen LogP contribution in [0, 0.1) is 6.92 Å². The minimum absolute atomic E-state index is 0.121. The third-order valence-electron chi connectivity index (χ3n) is 7.90. The van der Waals surface area contributed by atoms with Crippen LogP contribution in [0.15, 0.2) is 60.9 Å². The Labute approximate surface area is 234 Å². The number of fused-ring (bicyclic) bond motifs is 1. The van der Waals surface area contributed by atoms with Crippen molar-refractivity contribution in [2.75, 3.05) is 6.54 Å². The fourth-order valence-electron chi connectivity index (χ4n) is 5.62. The fraction of sp³-hybridized carbons (Fsp3) is 0.312. The maximum Gasteiger partial charge on any atom is 0.270 e. The molecule has 40 heavy (non-hydrogen) atoms. The molecule has 0 unspecified atom stereocenters. The molecule has 0 atom stereocenters. The molecule has 8 heteroatoms. The number of hydrogen-bond donors (Lipinski definition) is 4. The fourth-order valence-corrected chi connectivity index (χ4v) is 5.62. The minimum atomic E-state index is -0.121. The number of carbonyl (C=O) groups is 1. The topological polar surface area (TPSA) is 111 Å². The zero-order valence-corrected chi connectivity index (χ0v) is 23.1. The van der Waals surface area contributed by atoms with Gasteiger partial charge >= 0.3 is 0 Å². The first-order valence-corrected chi connectivity index (χ1v) is 14.2. The van der Waals surface area contributed by atoms with E-state index in [0.29, 0.717) is 22.9 Å². The molecule has 1 saturated carbocycles. The van der Waals surface area contributed by atoms with Crippen LogP contribution in [0.25, 0.3) is 44.8 Å². The van der Waals surface area contributed by atoms with E-state index >= 15 is 0 Å². The number of aromatic nitrogens is 5. The van der Waals surface area contributed by atoms with Crippen LogP contribution in [-0.4, -0.2) is 43.6 Å². The number of amides is 1. The first-order chi connectivity index (χ1) is 19.6. The highest BCUT2D eigenvalue weighted by Gasteiger charge is 2.24. The number of H-pyrrole nitrogens is 2. The Kier molecular flexibility index (Phi) is 7.42. The third kappa shape index (κ3) is 5.14. The minimum Gasteiger partial charge on any atom is -0.348 e. The molecule has 0 saturated heterocycles. The lowest BCUT2D eigenvalue weighted by atomic mass is 9.95. The van der Waals surface area contributed by atoms with Crippen molar-refractivity contribution in [1.82, 2.24) is 35.8 Å². The Hall–Kier alpha value is -4.30. The van der Waals surface area contributed by atoms with E-state index in [-0.39, 0.29) is 11.9 Å². The van der Waals surface area contributed by atoms with Crippen molar-refractivity contribution in [3.05, 3.63) is 77.7 Å². The second-order valence-electron chi connectivity index (χ2n) is 10.6. The van der Waals surface area contributed by atoms with E-state index < -0.39 is 0 Å². The summed E-state index contributed by atoms with van der Waals surface area (Å²) in [6, 6.07) is 16.3. The normalized spacial score (nSPS) is 14.1. The quantitative estimate of drug-likeness (QED) is 0.191. The second kappa shape index (κ2) is 11.4. The summed E-state index contributed by atoms with van der Waals surface area (Å²) in [4.78, 5) is 26.3. The van der Waals surface area contributed by atoms with Gasteiger partial charge in [-0.05, 0) is 55.1 Å². The molecule has 1 amide bonds. The van der Waals surface area contributed by atoms with Gasteiger partial charge in [-0.25, -0.2) is 4.98 Å². The van der Waals surface area contributed by atoms with Gasteiger partial charge < -0.3 is 15.6 Å². The number of benzene rings is 2. The van der Waals surface area contributed by atoms with Crippen molar-refractivity contribution >= 4 is 16.8 Å². The van der Waals surface area contributed by atoms with Crippen LogP contribution < -0.4 is 10.6 Å². The third-order valence-corrected chi connectivity index (χ3v) is 7.90. The van der Waals surface area contributed by atoms with E-state index in [2.05, 4.69) is 56.8 Å². The lowest BCUT2D eigenvalue weighted by Crippen LogP contribution is -2.36. The smallest absolute Gasteiger partial charge is 0.270 e. The maximum absolute atomic E-state index is 13.5. The highest BCUT2D eigenvalue weighted by Crippen LogP contribution is 2.33. The summed E-state index contributed by atoms with van der Waals surface area (Å²) in [6.07, 6.45) is 9.42. The van der Waals surface area contributed by atoms with Crippen molar-refractivity contribution in [1.29, 1.82) is 0 Å². The predicted octanol–water partition coefficient (Wildman–Crippen LogP) is 6.16. The molecule has 4 N–H and O–H groups in total. The summed E-state index contributed by atoms with van der Waals surface area (Å²) >= 11 is 0. The van der Waals surface area contributed by atoms with E-state index in [1.165, 1.54) is 17.5 Å². The lowest BCUT2D eigenvalue weighted by molar-refractivity contribution is 0.0924. The van der Waals surface area contributed by atoms with E-state index in [9.17, 15) is 4.79 Å².